The van der Waals surface area contributed by atoms with Crippen molar-refractivity contribution in [1.29, 1.82) is 0 Å². The number of hydrogen-bond donors (Lipinski definition) is 2. The van der Waals surface area contributed by atoms with Crippen LogP contribution < -0.4 is 10.6 Å². The van der Waals surface area contributed by atoms with E-state index in [9.17, 15) is 4.39 Å². The van der Waals surface area contributed by atoms with Crippen molar-refractivity contribution in [1.82, 2.24) is 9.97 Å². The summed E-state index contributed by atoms with van der Waals surface area (Å²) in [5.74, 6) is 0.894. The van der Waals surface area contributed by atoms with Gasteiger partial charge in [0.05, 0.1) is 5.02 Å². The molecule has 0 bridgehead atoms. The van der Waals surface area contributed by atoms with E-state index >= 15 is 0 Å². The number of hydrogen-bond acceptors (Lipinski definition) is 4. The van der Waals surface area contributed by atoms with E-state index in [4.69, 9.17) is 11.6 Å². The normalized spacial score (nSPS) is 10.2. The van der Waals surface area contributed by atoms with E-state index in [2.05, 4.69) is 20.6 Å². The van der Waals surface area contributed by atoms with Gasteiger partial charge in [0.1, 0.15) is 23.8 Å². The zero-order valence-corrected chi connectivity index (χ0v) is 10.5. The lowest BCUT2D eigenvalue weighted by Gasteiger charge is -2.08. The maximum absolute atomic E-state index is 13.0. The van der Waals surface area contributed by atoms with Crippen molar-refractivity contribution in [2.24, 2.45) is 0 Å². The summed E-state index contributed by atoms with van der Waals surface area (Å²) in [5.41, 5.74) is 0.669. The Labute approximate surface area is 109 Å². The molecule has 0 atom stereocenters. The third kappa shape index (κ3) is 3.07. The molecule has 1 heterocycles. The van der Waals surface area contributed by atoms with Gasteiger partial charge < -0.3 is 10.6 Å². The fraction of sp³-hybridized carbons (Fsp3) is 0.167. The number of rotatable bonds is 4. The van der Waals surface area contributed by atoms with Gasteiger partial charge in [-0.2, -0.15) is 0 Å². The van der Waals surface area contributed by atoms with Gasteiger partial charge in [-0.1, -0.05) is 11.6 Å². The number of anilines is 3. The van der Waals surface area contributed by atoms with E-state index in [-0.39, 0.29) is 5.02 Å². The van der Waals surface area contributed by atoms with E-state index in [1.165, 1.54) is 18.5 Å². The molecular weight excluding hydrogens is 255 g/mol. The Morgan fingerprint density at radius 2 is 2.00 bits per heavy atom. The van der Waals surface area contributed by atoms with Crippen LogP contribution in [0.2, 0.25) is 5.02 Å². The zero-order valence-electron chi connectivity index (χ0n) is 9.74. The first-order chi connectivity index (χ1) is 8.69. The maximum atomic E-state index is 13.0. The Kier molecular flexibility index (Phi) is 3.94. The second-order valence-corrected chi connectivity index (χ2v) is 3.98. The summed E-state index contributed by atoms with van der Waals surface area (Å²) in [6.07, 6.45) is 1.45. The van der Waals surface area contributed by atoms with E-state index in [1.807, 2.05) is 6.92 Å². The Bertz CT molecular complexity index is 547. The van der Waals surface area contributed by atoms with Crippen LogP contribution in [0.3, 0.4) is 0 Å². The molecule has 0 aliphatic heterocycles. The van der Waals surface area contributed by atoms with Gasteiger partial charge in [-0.25, -0.2) is 14.4 Å². The molecule has 2 N–H and O–H groups in total. The molecule has 4 nitrogen and oxygen atoms in total. The van der Waals surface area contributed by atoms with Crippen LogP contribution in [0.15, 0.2) is 30.6 Å². The quantitative estimate of drug-likeness (QED) is 0.890. The predicted molar refractivity (Wildman–Crippen MR) is 70.9 cm³/mol. The predicted octanol–water partition coefficient (Wildman–Crippen LogP) is 3.44. The van der Waals surface area contributed by atoms with Gasteiger partial charge in [0.25, 0.3) is 0 Å². The molecule has 0 fully saturated rings. The summed E-state index contributed by atoms with van der Waals surface area (Å²) in [4.78, 5) is 8.12. The number of nitrogens with zero attached hydrogens (tertiary/aromatic N) is 2. The van der Waals surface area contributed by atoms with Crippen LogP contribution in [-0.4, -0.2) is 16.5 Å². The van der Waals surface area contributed by atoms with Gasteiger partial charge in [-0.15, -0.1) is 0 Å². The average molecular weight is 267 g/mol. The molecule has 0 spiro atoms. The summed E-state index contributed by atoms with van der Waals surface area (Å²) in [5, 5.41) is 6.18. The Morgan fingerprint density at radius 3 is 2.72 bits per heavy atom. The third-order valence-corrected chi connectivity index (χ3v) is 2.51. The van der Waals surface area contributed by atoms with Crippen LogP contribution in [0.25, 0.3) is 0 Å². The molecule has 6 heteroatoms. The summed E-state index contributed by atoms with van der Waals surface area (Å²) < 4.78 is 13.0. The van der Waals surface area contributed by atoms with Gasteiger partial charge in [0.2, 0.25) is 0 Å². The van der Waals surface area contributed by atoms with Crippen molar-refractivity contribution in [2.75, 3.05) is 17.2 Å². The van der Waals surface area contributed by atoms with Gasteiger partial charge >= 0.3 is 0 Å². The number of benzene rings is 1. The first kappa shape index (κ1) is 12.6. The standard InChI is InChI=1S/C12H12ClFN4/c1-2-15-11-6-12(17-7-16-11)18-8-3-4-10(14)9(13)5-8/h3-7H,2H2,1H3,(H2,15,16,17,18). The molecule has 0 aliphatic rings. The molecule has 1 aromatic carbocycles. The largest absolute Gasteiger partial charge is 0.370 e. The van der Waals surface area contributed by atoms with Crippen LogP contribution in [0.1, 0.15) is 6.92 Å². The number of aromatic nitrogens is 2. The average Bonchev–Trinajstić information content (AvgIpc) is 2.35. The van der Waals surface area contributed by atoms with Crippen LogP contribution in [0, 0.1) is 5.82 Å². The Hall–Kier alpha value is -1.88. The number of nitrogens with one attached hydrogen (secondary N) is 2. The monoisotopic (exact) mass is 266 g/mol. The lowest BCUT2D eigenvalue weighted by Crippen LogP contribution is -2.01. The minimum atomic E-state index is -0.446. The highest BCUT2D eigenvalue weighted by Gasteiger charge is 2.02. The zero-order chi connectivity index (χ0) is 13.0. The summed E-state index contributed by atoms with van der Waals surface area (Å²) in [6, 6.07) is 6.17. The lowest BCUT2D eigenvalue weighted by molar-refractivity contribution is 0.628. The lowest BCUT2D eigenvalue weighted by atomic mass is 10.3. The molecule has 18 heavy (non-hydrogen) atoms. The number of halogens is 2. The molecule has 2 aromatic rings. The van der Waals surface area contributed by atoms with Gasteiger partial charge in [0.15, 0.2) is 0 Å². The molecule has 0 amide bonds. The fourth-order valence-corrected chi connectivity index (χ4v) is 1.61. The van der Waals surface area contributed by atoms with Gasteiger partial charge in [-0.05, 0) is 25.1 Å². The van der Waals surface area contributed by atoms with Crippen LogP contribution in [0.4, 0.5) is 21.7 Å². The molecule has 0 saturated carbocycles. The van der Waals surface area contributed by atoms with Crippen molar-refractivity contribution in [3.05, 3.63) is 41.4 Å². The minimum Gasteiger partial charge on any atom is -0.370 e. The smallest absolute Gasteiger partial charge is 0.141 e. The van der Waals surface area contributed by atoms with E-state index in [0.717, 1.165) is 12.4 Å². The highest BCUT2D eigenvalue weighted by molar-refractivity contribution is 6.31. The Balaban J connectivity index is 2.17. The van der Waals surface area contributed by atoms with Gasteiger partial charge in [-0.3, -0.25) is 0 Å². The summed E-state index contributed by atoms with van der Waals surface area (Å²) >= 11 is 5.70. The molecule has 0 unspecified atom stereocenters. The summed E-state index contributed by atoms with van der Waals surface area (Å²) in [7, 11) is 0. The highest BCUT2D eigenvalue weighted by atomic mass is 35.5. The molecule has 94 valence electrons. The minimum absolute atomic E-state index is 0.0703. The molecule has 0 saturated heterocycles. The second kappa shape index (κ2) is 5.64. The van der Waals surface area contributed by atoms with E-state index in [0.29, 0.717) is 11.5 Å². The molecule has 2 rings (SSSR count). The second-order valence-electron chi connectivity index (χ2n) is 3.57. The third-order valence-electron chi connectivity index (χ3n) is 2.22. The van der Waals surface area contributed by atoms with Crippen molar-refractivity contribution in [3.8, 4) is 0 Å². The van der Waals surface area contributed by atoms with Crippen molar-refractivity contribution < 1.29 is 4.39 Å². The van der Waals surface area contributed by atoms with Crippen LogP contribution >= 0.6 is 11.6 Å². The van der Waals surface area contributed by atoms with Crippen molar-refractivity contribution in [2.45, 2.75) is 6.92 Å². The topological polar surface area (TPSA) is 49.8 Å². The molecule has 1 aromatic heterocycles. The first-order valence-electron chi connectivity index (χ1n) is 5.47. The highest BCUT2D eigenvalue weighted by Crippen LogP contribution is 2.22. The SMILES string of the molecule is CCNc1cc(Nc2ccc(F)c(Cl)c2)ncn1. The van der Waals surface area contributed by atoms with E-state index in [1.54, 1.807) is 12.1 Å². The van der Waals surface area contributed by atoms with Crippen LogP contribution in [-0.2, 0) is 0 Å². The fourth-order valence-electron chi connectivity index (χ4n) is 1.43. The molecule has 0 radical (unpaired) electrons. The maximum Gasteiger partial charge on any atom is 0.141 e. The van der Waals surface area contributed by atoms with E-state index < -0.39 is 5.82 Å². The van der Waals surface area contributed by atoms with Gasteiger partial charge in [0, 0.05) is 18.3 Å². The summed E-state index contributed by atoms with van der Waals surface area (Å²) in [6.45, 7) is 2.76. The molecular formula is C12H12ClFN4. The Morgan fingerprint density at radius 1 is 1.22 bits per heavy atom. The first-order valence-corrected chi connectivity index (χ1v) is 5.85. The van der Waals surface area contributed by atoms with Crippen LogP contribution in [0.5, 0.6) is 0 Å². The molecule has 0 aliphatic carbocycles. The van der Waals surface area contributed by atoms with Crippen molar-refractivity contribution in [3.63, 3.8) is 0 Å². The van der Waals surface area contributed by atoms with Crippen molar-refractivity contribution >= 4 is 28.9 Å².